The van der Waals surface area contributed by atoms with Crippen LogP contribution in [0.5, 0.6) is 11.5 Å². The third-order valence-electron chi connectivity index (χ3n) is 3.35. The van der Waals surface area contributed by atoms with Crippen molar-refractivity contribution in [1.29, 1.82) is 0 Å². The Labute approximate surface area is 145 Å². The van der Waals surface area contributed by atoms with Crippen LogP contribution in [-0.4, -0.2) is 44.4 Å². The van der Waals surface area contributed by atoms with E-state index in [9.17, 15) is 9.59 Å². The quantitative estimate of drug-likeness (QED) is 0.722. The summed E-state index contributed by atoms with van der Waals surface area (Å²) in [5, 5.41) is 6.25. The van der Waals surface area contributed by atoms with Crippen molar-refractivity contribution in [2.45, 2.75) is 13.3 Å². The van der Waals surface area contributed by atoms with Crippen molar-refractivity contribution in [3.8, 4) is 11.5 Å². The zero-order valence-electron chi connectivity index (χ0n) is 14.3. The molecule has 0 saturated heterocycles. The minimum atomic E-state index is -0.726. The van der Waals surface area contributed by atoms with Gasteiger partial charge in [-0.15, -0.1) is 0 Å². The highest BCUT2D eigenvalue weighted by Crippen LogP contribution is 2.27. The van der Waals surface area contributed by atoms with Crippen molar-refractivity contribution in [1.82, 2.24) is 10.5 Å². The zero-order valence-corrected chi connectivity index (χ0v) is 14.3. The number of methoxy groups -OCH3 is 2. The Morgan fingerprint density at radius 2 is 1.92 bits per heavy atom. The van der Waals surface area contributed by atoms with E-state index in [-0.39, 0.29) is 12.4 Å². The molecule has 1 aromatic heterocycles. The number of carbonyl (C=O) groups is 2. The van der Waals surface area contributed by atoms with Gasteiger partial charge in [0, 0.05) is 12.6 Å². The van der Waals surface area contributed by atoms with Gasteiger partial charge in [-0.05, 0) is 31.0 Å². The predicted molar refractivity (Wildman–Crippen MR) is 87.8 cm³/mol. The highest BCUT2D eigenvalue weighted by atomic mass is 16.6. The molecule has 0 radical (unpaired) electrons. The van der Waals surface area contributed by atoms with Crippen LogP contribution in [0.4, 0.5) is 0 Å². The molecule has 0 aliphatic rings. The number of carbonyl (C=O) groups excluding carboxylic acids is 2. The van der Waals surface area contributed by atoms with Crippen molar-refractivity contribution in [2.24, 2.45) is 0 Å². The molecular weight excluding hydrogens is 328 g/mol. The van der Waals surface area contributed by atoms with Gasteiger partial charge in [-0.1, -0.05) is 11.2 Å². The molecule has 0 fully saturated rings. The average molecular weight is 348 g/mol. The molecular formula is C17H20N2O6. The first kappa shape index (κ1) is 18.3. The lowest BCUT2D eigenvalue weighted by Gasteiger charge is -2.10. The topological polar surface area (TPSA) is 99.9 Å². The van der Waals surface area contributed by atoms with E-state index in [0.717, 1.165) is 5.56 Å². The fraction of sp³-hybridized carbons (Fsp3) is 0.353. The van der Waals surface area contributed by atoms with Crippen molar-refractivity contribution >= 4 is 11.9 Å². The summed E-state index contributed by atoms with van der Waals surface area (Å²) in [6.07, 6.45) is 0.599. The lowest BCUT2D eigenvalue weighted by Crippen LogP contribution is -2.30. The molecule has 1 amide bonds. The molecule has 2 aromatic rings. The highest BCUT2D eigenvalue weighted by molar-refractivity contribution is 5.88. The second-order valence-corrected chi connectivity index (χ2v) is 5.20. The maximum absolute atomic E-state index is 11.7. The van der Waals surface area contributed by atoms with Crippen LogP contribution in [0.15, 0.2) is 28.8 Å². The summed E-state index contributed by atoms with van der Waals surface area (Å²) >= 11 is 0. The molecule has 1 heterocycles. The molecule has 25 heavy (non-hydrogen) atoms. The third-order valence-corrected chi connectivity index (χ3v) is 3.35. The molecule has 0 aliphatic heterocycles. The predicted octanol–water partition coefficient (Wildman–Crippen LogP) is 1.52. The van der Waals surface area contributed by atoms with Gasteiger partial charge in [0.2, 0.25) is 5.76 Å². The fourth-order valence-electron chi connectivity index (χ4n) is 2.10. The molecule has 0 atom stereocenters. The Bertz CT molecular complexity index is 740. The van der Waals surface area contributed by atoms with Crippen LogP contribution in [-0.2, 0) is 16.0 Å². The fourth-order valence-corrected chi connectivity index (χ4v) is 2.10. The van der Waals surface area contributed by atoms with Gasteiger partial charge >= 0.3 is 5.97 Å². The standard InChI is InChI=1S/C17H20N2O6/c1-11-8-15(25-19-11)17(21)24-10-16(20)18-7-6-12-4-5-13(22-2)14(9-12)23-3/h4-5,8-9H,6-7,10H2,1-3H3,(H,18,20). The number of aryl methyl sites for hydroxylation is 1. The number of nitrogens with one attached hydrogen (secondary N) is 1. The van der Waals surface area contributed by atoms with Crippen LogP contribution >= 0.6 is 0 Å². The maximum atomic E-state index is 11.7. The zero-order chi connectivity index (χ0) is 18.2. The lowest BCUT2D eigenvalue weighted by atomic mass is 10.1. The Kier molecular flexibility index (Phi) is 6.39. The smallest absolute Gasteiger partial charge is 0.377 e. The van der Waals surface area contributed by atoms with Crippen LogP contribution in [0.3, 0.4) is 0 Å². The van der Waals surface area contributed by atoms with Crippen LogP contribution in [0.25, 0.3) is 0 Å². The number of hydrogen-bond donors (Lipinski definition) is 1. The number of ether oxygens (including phenoxy) is 3. The summed E-state index contributed by atoms with van der Waals surface area (Å²) in [4.78, 5) is 23.3. The Morgan fingerprint density at radius 3 is 2.56 bits per heavy atom. The van der Waals surface area contributed by atoms with E-state index in [1.807, 2.05) is 12.1 Å². The number of benzene rings is 1. The first-order chi connectivity index (χ1) is 12.0. The summed E-state index contributed by atoms with van der Waals surface area (Å²) < 4.78 is 20.0. The molecule has 2 rings (SSSR count). The summed E-state index contributed by atoms with van der Waals surface area (Å²) in [5.74, 6) is 0.115. The summed E-state index contributed by atoms with van der Waals surface area (Å²) in [6.45, 7) is 1.69. The summed E-state index contributed by atoms with van der Waals surface area (Å²) in [7, 11) is 3.13. The van der Waals surface area contributed by atoms with Crippen molar-refractivity contribution in [3.05, 3.63) is 41.3 Å². The number of esters is 1. The molecule has 8 heteroatoms. The highest BCUT2D eigenvalue weighted by Gasteiger charge is 2.14. The van der Waals surface area contributed by atoms with Crippen molar-refractivity contribution < 1.29 is 28.3 Å². The Balaban J connectivity index is 1.74. The van der Waals surface area contributed by atoms with Gasteiger partial charge < -0.3 is 24.1 Å². The molecule has 0 aliphatic carbocycles. The first-order valence-electron chi connectivity index (χ1n) is 7.61. The number of rotatable bonds is 8. The minimum Gasteiger partial charge on any atom is -0.493 e. The van der Waals surface area contributed by atoms with E-state index in [1.165, 1.54) is 6.07 Å². The van der Waals surface area contributed by atoms with Gasteiger partial charge in [0.05, 0.1) is 19.9 Å². The lowest BCUT2D eigenvalue weighted by molar-refractivity contribution is -0.124. The number of aromatic nitrogens is 1. The first-order valence-corrected chi connectivity index (χ1v) is 7.61. The van der Waals surface area contributed by atoms with Gasteiger partial charge in [-0.3, -0.25) is 4.79 Å². The number of hydrogen-bond acceptors (Lipinski definition) is 7. The van der Waals surface area contributed by atoms with E-state index in [0.29, 0.717) is 30.2 Å². The number of amides is 1. The summed E-state index contributed by atoms with van der Waals surface area (Å²) in [6, 6.07) is 6.98. The van der Waals surface area contributed by atoms with E-state index in [1.54, 1.807) is 27.2 Å². The van der Waals surface area contributed by atoms with E-state index >= 15 is 0 Å². The molecule has 1 aromatic carbocycles. The molecule has 1 N–H and O–H groups in total. The van der Waals surface area contributed by atoms with Crippen LogP contribution < -0.4 is 14.8 Å². The second kappa shape index (κ2) is 8.72. The molecule has 0 saturated carbocycles. The minimum absolute atomic E-state index is 0.0318. The molecule has 0 spiro atoms. The molecule has 8 nitrogen and oxygen atoms in total. The van der Waals surface area contributed by atoms with Gasteiger partial charge in [0.1, 0.15) is 0 Å². The number of nitrogens with zero attached hydrogens (tertiary/aromatic N) is 1. The SMILES string of the molecule is COc1ccc(CCNC(=O)COC(=O)c2cc(C)no2)cc1OC. The maximum Gasteiger partial charge on any atom is 0.377 e. The van der Waals surface area contributed by atoms with Gasteiger partial charge in [0.25, 0.3) is 5.91 Å². The van der Waals surface area contributed by atoms with Crippen LogP contribution in [0.2, 0.25) is 0 Å². The summed E-state index contributed by atoms with van der Waals surface area (Å²) in [5.41, 5.74) is 1.54. The van der Waals surface area contributed by atoms with Crippen LogP contribution in [0, 0.1) is 6.92 Å². The average Bonchev–Trinajstić information content (AvgIpc) is 3.06. The third kappa shape index (κ3) is 5.23. The monoisotopic (exact) mass is 348 g/mol. The Morgan fingerprint density at radius 1 is 1.16 bits per heavy atom. The largest absolute Gasteiger partial charge is 0.493 e. The Hall–Kier alpha value is -3.03. The molecule has 0 bridgehead atoms. The van der Waals surface area contributed by atoms with Crippen LogP contribution in [0.1, 0.15) is 21.8 Å². The molecule has 134 valence electrons. The van der Waals surface area contributed by atoms with Gasteiger partial charge in [0.15, 0.2) is 18.1 Å². The molecule has 0 unspecified atom stereocenters. The van der Waals surface area contributed by atoms with E-state index in [4.69, 9.17) is 18.7 Å². The van der Waals surface area contributed by atoms with Crippen molar-refractivity contribution in [3.63, 3.8) is 0 Å². The van der Waals surface area contributed by atoms with Gasteiger partial charge in [-0.2, -0.15) is 0 Å². The van der Waals surface area contributed by atoms with Crippen molar-refractivity contribution in [2.75, 3.05) is 27.4 Å². The van der Waals surface area contributed by atoms with E-state index < -0.39 is 11.9 Å². The second-order valence-electron chi connectivity index (χ2n) is 5.20. The normalized spacial score (nSPS) is 10.2. The van der Waals surface area contributed by atoms with Gasteiger partial charge in [-0.25, -0.2) is 4.79 Å². The van der Waals surface area contributed by atoms with E-state index in [2.05, 4.69) is 10.5 Å².